The number of piperidine rings is 1. The monoisotopic (exact) mass is 266 g/mol. The number of nitrogens with zero attached hydrogens (tertiary/aromatic N) is 1. The lowest BCUT2D eigenvalue weighted by Gasteiger charge is -2.35. The van der Waals surface area contributed by atoms with Gasteiger partial charge in [0.2, 0.25) is 0 Å². The van der Waals surface area contributed by atoms with Crippen molar-refractivity contribution in [2.45, 2.75) is 50.4 Å². The second-order valence-electron chi connectivity index (χ2n) is 7.07. The van der Waals surface area contributed by atoms with Gasteiger partial charge in [0, 0.05) is 25.1 Å². The van der Waals surface area contributed by atoms with Crippen LogP contribution in [0.5, 0.6) is 0 Å². The average molecular weight is 266 g/mol. The smallest absolute Gasteiger partial charge is 0.111 e. The van der Waals surface area contributed by atoms with Crippen LogP contribution < -0.4 is 5.32 Å². The van der Waals surface area contributed by atoms with Gasteiger partial charge in [-0.15, -0.1) is 0 Å². The van der Waals surface area contributed by atoms with Gasteiger partial charge in [-0.05, 0) is 51.6 Å². The first-order chi connectivity index (χ1) is 9.29. The van der Waals surface area contributed by atoms with Crippen LogP contribution in [0.15, 0.2) is 0 Å². The second-order valence-corrected chi connectivity index (χ2v) is 7.07. The van der Waals surface area contributed by atoms with E-state index in [1.54, 1.807) is 0 Å². The fraction of sp³-hybridized carbons (Fsp3) is 1.00. The third kappa shape index (κ3) is 2.23. The van der Waals surface area contributed by atoms with Gasteiger partial charge >= 0.3 is 0 Å². The SMILES string of the molecule is C1CC2(CCN1)CCC(N1CCC3(CCOC3)C1)O2. The summed E-state index contributed by atoms with van der Waals surface area (Å²) in [6, 6.07) is 0. The molecule has 0 aromatic rings. The molecule has 4 fully saturated rings. The van der Waals surface area contributed by atoms with Gasteiger partial charge in [0.25, 0.3) is 0 Å². The highest BCUT2D eigenvalue weighted by atomic mass is 16.5. The summed E-state index contributed by atoms with van der Waals surface area (Å²) < 4.78 is 12.1. The summed E-state index contributed by atoms with van der Waals surface area (Å²) in [6.45, 7) is 6.61. The van der Waals surface area contributed by atoms with Crippen LogP contribution in [0.3, 0.4) is 0 Å². The molecule has 4 rings (SSSR count). The van der Waals surface area contributed by atoms with E-state index in [2.05, 4.69) is 10.2 Å². The maximum Gasteiger partial charge on any atom is 0.111 e. The van der Waals surface area contributed by atoms with Gasteiger partial charge in [-0.25, -0.2) is 0 Å². The van der Waals surface area contributed by atoms with Crippen LogP contribution in [0.4, 0.5) is 0 Å². The van der Waals surface area contributed by atoms with Crippen LogP contribution in [0.1, 0.15) is 38.5 Å². The third-order valence-corrected chi connectivity index (χ3v) is 5.81. The molecule has 4 saturated heterocycles. The zero-order chi connectivity index (χ0) is 12.8. The molecule has 0 amide bonds. The fourth-order valence-electron chi connectivity index (χ4n) is 4.49. The quantitative estimate of drug-likeness (QED) is 0.777. The van der Waals surface area contributed by atoms with E-state index in [0.29, 0.717) is 11.6 Å². The topological polar surface area (TPSA) is 33.7 Å². The molecule has 1 N–H and O–H groups in total. The number of ether oxygens (including phenoxy) is 2. The molecule has 4 aliphatic rings. The molecule has 2 unspecified atom stereocenters. The van der Waals surface area contributed by atoms with Crippen molar-refractivity contribution in [1.29, 1.82) is 0 Å². The van der Waals surface area contributed by atoms with Crippen molar-refractivity contribution >= 4 is 0 Å². The number of hydrogen-bond acceptors (Lipinski definition) is 4. The number of hydrogen-bond donors (Lipinski definition) is 1. The molecule has 0 aromatic carbocycles. The van der Waals surface area contributed by atoms with Gasteiger partial charge in [0.05, 0.1) is 12.2 Å². The maximum absolute atomic E-state index is 6.52. The van der Waals surface area contributed by atoms with Crippen molar-refractivity contribution in [3.8, 4) is 0 Å². The highest BCUT2D eigenvalue weighted by Gasteiger charge is 2.48. The van der Waals surface area contributed by atoms with Crippen LogP contribution in [-0.4, -0.2) is 56.1 Å². The zero-order valence-corrected chi connectivity index (χ0v) is 11.8. The van der Waals surface area contributed by atoms with E-state index < -0.39 is 0 Å². The van der Waals surface area contributed by atoms with Gasteiger partial charge in [0.1, 0.15) is 6.23 Å². The Kier molecular flexibility index (Phi) is 3.10. The predicted octanol–water partition coefficient (Wildman–Crippen LogP) is 1.36. The lowest BCUT2D eigenvalue weighted by Crippen LogP contribution is -2.44. The Labute approximate surface area is 115 Å². The van der Waals surface area contributed by atoms with Gasteiger partial charge in [0.15, 0.2) is 0 Å². The molecule has 0 aromatic heterocycles. The summed E-state index contributed by atoms with van der Waals surface area (Å²) in [4.78, 5) is 2.60. The zero-order valence-electron chi connectivity index (χ0n) is 11.8. The Morgan fingerprint density at radius 2 is 1.95 bits per heavy atom. The number of rotatable bonds is 1. The third-order valence-electron chi connectivity index (χ3n) is 5.81. The van der Waals surface area contributed by atoms with Gasteiger partial charge in [-0.2, -0.15) is 0 Å². The second kappa shape index (κ2) is 4.69. The van der Waals surface area contributed by atoms with Gasteiger partial charge < -0.3 is 14.8 Å². The van der Waals surface area contributed by atoms with Crippen LogP contribution >= 0.6 is 0 Å². The van der Waals surface area contributed by atoms with Crippen molar-refractivity contribution in [3.63, 3.8) is 0 Å². The molecule has 4 aliphatic heterocycles. The molecule has 19 heavy (non-hydrogen) atoms. The largest absolute Gasteiger partial charge is 0.381 e. The molecule has 4 nitrogen and oxygen atoms in total. The molecule has 4 heteroatoms. The Balaban J connectivity index is 1.39. The molecule has 0 saturated carbocycles. The van der Waals surface area contributed by atoms with E-state index in [-0.39, 0.29) is 5.60 Å². The normalized spacial score (nSPS) is 42.6. The Bertz CT molecular complexity index is 335. The Hall–Kier alpha value is -0.160. The average Bonchev–Trinajstić information content (AvgIpc) is 3.14. The molecular weight excluding hydrogens is 240 g/mol. The Morgan fingerprint density at radius 3 is 2.74 bits per heavy atom. The molecule has 108 valence electrons. The maximum atomic E-state index is 6.52. The van der Waals surface area contributed by atoms with E-state index in [1.165, 1.54) is 51.6 Å². The van der Waals surface area contributed by atoms with Gasteiger partial charge in [-0.1, -0.05) is 0 Å². The fourth-order valence-corrected chi connectivity index (χ4v) is 4.49. The van der Waals surface area contributed by atoms with E-state index in [9.17, 15) is 0 Å². The van der Waals surface area contributed by atoms with E-state index >= 15 is 0 Å². The summed E-state index contributed by atoms with van der Waals surface area (Å²) >= 11 is 0. The summed E-state index contributed by atoms with van der Waals surface area (Å²) in [5, 5.41) is 3.45. The molecule has 4 heterocycles. The molecule has 2 spiro atoms. The highest BCUT2D eigenvalue weighted by molar-refractivity contribution is 4.97. The standard InChI is InChI=1S/C15H26N2O2/c1-2-15(3-7-16-8-4-15)19-13(1)17-9-5-14(11-17)6-10-18-12-14/h13,16H,1-12H2. The first-order valence-corrected chi connectivity index (χ1v) is 8.00. The predicted molar refractivity (Wildman–Crippen MR) is 73.0 cm³/mol. The number of likely N-dealkylation sites (tertiary alicyclic amines) is 1. The van der Waals surface area contributed by atoms with Crippen molar-refractivity contribution in [3.05, 3.63) is 0 Å². The van der Waals surface area contributed by atoms with Crippen molar-refractivity contribution < 1.29 is 9.47 Å². The van der Waals surface area contributed by atoms with E-state index in [4.69, 9.17) is 9.47 Å². The summed E-state index contributed by atoms with van der Waals surface area (Å²) in [5.41, 5.74) is 0.672. The molecular formula is C15H26N2O2. The Morgan fingerprint density at radius 1 is 1.05 bits per heavy atom. The first kappa shape index (κ1) is 12.6. The van der Waals surface area contributed by atoms with E-state index in [0.717, 1.165) is 26.3 Å². The minimum absolute atomic E-state index is 0.206. The van der Waals surface area contributed by atoms with Crippen LogP contribution in [0.2, 0.25) is 0 Å². The first-order valence-electron chi connectivity index (χ1n) is 8.00. The lowest BCUT2D eigenvalue weighted by atomic mass is 9.87. The molecule has 0 aliphatic carbocycles. The van der Waals surface area contributed by atoms with E-state index in [1.807, 2.05) is 0 Å². The number of nitrogens with one attached hydrogen (secondary N) is 1. The van der Waals surface area contributed by atoms with Crippen LogP contribution in [-0.2, 0) is 9.47 Å². The van der Waals surface area contributed by atoms with Crippen molar-refractivity contribution in [1.82, 2.24) is 10.2 Å². The van der Waals surface area contributed by atoms with Crippen molar-refractivity contribution in [2.75, 3.05) is 39.4 Å². The minimum Gasteiger partial charge on any atom is -0.381 e. The van der Waals surface area contributed by atoms with Crippen LogP contribution in [0, 0.1) is 5.41 Å². The highest BCUT2D eigenvalue weighted by Crippen LogP contribution is 2.44. The minimum atomic E-state index is 0.206. The summed E-state index contributed by atoms with van der Waals surface area (Å²) in [5.74, 6) is 0. The molecule has 2 atom stereocenters. The molecule has 0 bridgehead atoms. The molecule has 0 radical (unpaired) electrons. The summed E-state index contributed by atoms with van der Waals surface area (Å²) in [6.07, 6.45) is 7.85. The van der Waals surface area contributed by atoms with Gasteiger partial charge in [-0.3, -0.25) is 4.90 Å². The summed E-state index contributed by atoms with van der Waals surface area (Å²) in [7, 11) is 0. The van der Waals surface area contributed by atoms with Crippen LogP contribution in [0.25, 0.3) is 0 Å². The lowest BCUT2D eigenvalue weighted by molar-refractivity contribution is -0.114. The van der Waals surface area contributed by atoms with Crippen molar-refractivity contribution in [2.24, 2.45) is 5.41 Å².